The van der Waals surface area contributed by atoms with Crippen molar-refractivity contribution in [1.82, 2.24) is 20.0 Å². The van der Waals surface area contributed by atoms with Crippen molar-refractivity contribution >= 4 is 28.9 Å². The Hall–Kier alpha value is -2.25. The molecule has 0 aliphatic heterocycles. The molecule has 0 amide bonds. The van der Waals surface area contributed by atoms with E-state index in [-0.39, 0.29) is 6.54 Å². The van der Waals surface area contributed by atoms with Crippen LogP contribution in [0.4, 0.5) is 0 Å². The van der Waals surface area contributed by atoms with Crippen LogP contribution in [0.3, 0.4) is 0 Å². The topological polar surface area (TPSA) is 69.9 Å². The quantitative estimate of drug-likeness (QED) is 0.664. The molecule has 0 bridgehead atoms. The summed E-state index contributed by atoms with van der Waals surface area (Å²) < 4.78 is 6.21. The lowest BCUT2D eigenvalue weighted by Gasteiger charge is -2.03. The Labute approximate surface area is 148 Å². The molecule has 0 unspecified atom stereocenters. The van der Waals surface area contributed by atoms with Crippen LogP contribution >= 0.6 is 22.9 Å². The van der Waals surface area contributed by atoms with Crippen LogP contribution in [0, 0.1) is 13.8 Å². The lowest BCUT2D eigenvalue weighted by Crippen LogP contribution is -2.13. The molecular formula is C16H15ClN4O2S. The summed E-state index contributed by atoms with van der Waals surface area (Å²) in [6, 6.07) is 8.03. The van der Waals surface area contributed by atoms with Crippen LogP contribution in [0.25, 0.3) is 21.3 Å². The molecule has 2 aromatic heterocycles. The summed E-state index contributed by atoms with van der Waals surface area (Å²) in [7, 11) is 1.33. The second kappa shape index (κ2) is 6.70. The highest BCUT2D eigenvalue weighted by atomic mass is 35.5. The van der Waals surface area contributed by atoms with Gasteiger partial charge in [0.1, 0.15) is 17.2 Å². The fraction of sp³-hybridized carbons (Fsp3) is 0.250. The van der Waals surface area contributed by atoms with Crippen LogP contribution in [0.2, 0.25) is 5.02 Å². The molecule has 8 heteroatoms. The number of nitrogens with zero attached hydrogens (tertiary/aromatic N) is 4. The minimum absolute atomic E-state index is 0.0290. The normalized spacial score (nSPS) is 10.8. The first kappa shape index (κ1) is 16.6. The summed E-state index contributed by atoms with van der Waals surface area (Å²) >= 11 is 7.76. The number of hydrogen-bond donors (Lipinski definition) is 0. The predicted molar refractivity (Wildman–Crippen MR) is 93.1 cm³/mol. The number of esters is 1. The van der Waals surface area contributed by atoms with Gasteiger partial charge in [0.2, 0.25) is 0 Å². The summed E-state index contributed by atoms with van der Waals surface area (Å²) in [4.78, 5) is 11.6. The van der Waals surface area contributed by atoms with Gasteiger partial charge in [0.15, 0.2) is 5.01 Å². The van der Waals surface area contributed by atoms with Gasteiger partial charge in [0, 0.05) is 5.56 Å². The van der Waals surface area contributed by atoms with Gasteiger partial charge < -0.3 is 4.74 Å². The fourth-order valence-corrected chi connectivity index (χ4v) is 3.46. The Morgan fingerprint density at radius 1 is 1.29 bits per heavy atom. The monoisotopic (exact) mass is 362 g/mol. The molecule has 6 nitrogen and oxygen atoms in total. The third-order valence-corrected chi connectivity index (χ3v) is 4.89. The maximum Gasteiger partial charge on any atom is 0.327 e. The first-order valence-corrected chi connectivity index (χ1v) is 8.39. The van der Waals surface area contributed by atoms with E-state index in [1.54, 1.807) is 6.92 Å². The summed E-state index contributed by atoms with van der Waals surface area (Å²) in [6.07, 6.45) is 0. The number of carbonyl (C=O) groups excluding carboxylic acids is 1. The molecule has 0 saturated heterocycles. The Morgan fingerprint density at radius 3 is 2.75 bits per heavy atom. The Balaban J connectivity index is 2.02. The highest BCUT2D eigenvalue weighted by Gasteiger charge is 2.21. The maximum absolute atomic E-state index is 11.6. The first-order chi connectivity index (χ1) is 11.5. The number of aromatic nitrogens is 4. The Morgan fingerprint density at radius 2 is 2.04 bits per heavy atom. The summed E-state index contributed by atoms with van der Waals surface area (Å²) in [5.74, 6) is -0.404. The molecule has 3 rings (SSSR count). The average Bonchev–Trinajstić information content (AvgIpc) is 3.13. The molecule has 0 aliphatic carbocycles. The van der Waals surface area contributed by atoms with Crippen molar-refractivity contribution in [1.29, 1.82) is 0 Å². The smallest absolute Gasteiger partial charge is 0.327 e. The van der Waals surface area contributed by atoms with Crippen molar-refractivity contribution in [2.75, 3.05) is 7.11 Å². The minimum atomic E-state index is -0.404. The van der Waals surface area contributed by atoms with Crippen LogP contribution in [0.1, 0.15) is 11.3 Å². The van der Waals surface area contributed by atoms with E-state index in [4.69, 9.17) is 16.3 Å². The molecule has 24 heavy (non-hydrogen) atoms. The van der Waals surface area contributed by atoms with Gasteiger partial charge in [-0.2, -0.15) is 5.10 Å². The molecule has 2 heterocycles. The standard InChI is InChI=1S/C16H15ClN4O2S/c1-9-5-4-6-11(7-9)15-18-19-16(24-15)14-13(17)10(2)20-21(14)8-12(22)23-3/h4-7H,8H2,1-3H3. The Kier molecular flexibility index (Phi) is 4.64. The van der Waals surface area contributed by atoms with Crippen molar-refractivity contribution in [2.45, 2.75) is 20.4 Å². The predicted octanol–water partition coefficient (Wildman–Crippen LogP) is 3.51. The number of aryl methyl sites for hydroxylation is 2. The largest absolute Gasteiger partial charge is 0.468 e. The van der Waals surface area contributed by atoms with Crippen molar-refractivity contribution < 1.29 is 9.53 Å². The van der Waals surface area contributed by atoms with E-state index in [1.165, 1.54) is 23.1 Å². The average molecular weight is 363 g/mol. The van der Waals surface area contributed by atoms with Gasteiger partial charge in [0.25, 0.3) is 0 Å². The van der Waals surface area contributed by atoms with Crippen LogP contribution in [0.5, 0.6) is 0 Å². The van der Waals surface area contributed by atoms with Crippen LogP contribution < -0.4 is 0 Å². The van der Waals surface area contributed by atoms with E-state index in [0.29, 0.717) is 21.4 Å². The molecule has 0 saturated carbocycles. The number of benzene rings is 1. The van der Waals surface area contributed by atoms with Crippen molar-refractivity contribution in [3.05, 3.63) is 40.5 Å². The van der Waals surface area contributed by atoms with Gasteiger partial charge in [-0.05, 0) is 19.9 Å². The lowest BCUT2D eigenvalue weighted by atomic mass is 10.1. The van der Waals surface area contributed by atoms with Gasteiger partial charge in [-0.25, -0.2) is 4.68 Å². The van der Waals surface area contributed by atoms with E-state index in [2.05, 4.69) is 15.3 Å². The summed E-state index contributed by atoms with van der Waals surface area (Å²) in [5.41, 5.74) is 3.35. The zero-order valence-corrected chi connectivity index (χ0v) is 15.0. The molecule has 1 aromatic carbocycles. The molecule has 0 N–H and O–H groups in total. The molecular weight excluding hydrogens is 348 g/mol. The Bertz CT molecular complexity index is 903. The maximum atomic E-state index is 11.6. The number of halogens is 1. The highest BCUT2D eigenvalue weighted by molar-refractivity contribution is 7.18. The van der Waals surface area contributed by atoms with Crippen molar-refractivity contribution in [2.24, 2.45) is 0 Å². The second-order valence-corrected chi connectivity index (χ2v) is 6.62. The third kappa shape index (κ3) is 3.18. The molecule has 0 atom stereocenters. The van der Waals surface area contributed by atoms with Crippen LogP contribution in [0.15, 0.2) is 24.3 Å². The van der Waals surface area contributed by atoms with E-state index in [1.807, 2.05) is 31.2 Å². The number of hydrogen-bond acceptors (Lipinski definition) is 6. The second-order valence-electron chi connectivity index (χ2n) is 5.26. The zero-order valence-electron chi connectivity index (χ0n) is 13.4. The SMILES string of the molecule is COC(=O)Cn1nc(C)c(Cl)c1-c1nnc(-c2cccc(C)c2)s1. The van der Waals surface area contributed by atoms with Gasteiger partial charge in [-0.1, -0.05) is 46.7 Å². The van der Waals surface area contributed by atoms with Gasteiger partial charge in [0.05, 0.1) is 17.8 Å². The fourth-order valence-electron chi connectivity index (χ4n) is 2.28. The summed E-state index contributed by atoms with van der Waals surface area (Å²) in [6.45, 7) is 3.78. The van der Waals surface area contributed by atoms with E-state index < -0.39 is 5.97 Å². The molecule has 124 valence electrons. The van der Waals surface area contributed by atoms with Gasteiger partial charge in [-0.3, -0.25) is 4.79 Å². The van der Waals surface area contributed by atoms with Gasteiger partial charge in [-0.15, -0.1) is 10.2 Å². The first-order valence-electron chi connectivity index (χ1n) is 7.20. The van der Waals surface area contributed by atoms with Crippen LogP contribution in [-0.4, -0.2) is 33.1 Å². The molecule has 0 radical (unpaired) electrons. The third-order valence-electron chi connectivity index (χ3n) is 3.45. The highest BCUT2D eigenvalue weighted by Crippen LogP contribution is 2.35. The van der Waals surface area contributed by atoms with Crippen LogP contribution in [-0.2, 0) is 16.1 Å². The van der Waals surface area contributed by atoms with E-state index in [0.717, 1.165) is 16.1 Å². The molecule has 0 fully saturated rings. The number of carbonyl (C=O) groups is 1. The van der Waals surface area contributed by atoms with Gasteiger partial charge >= 0.3 is 5.97 Å². The molecule has 0 spiro atoms. The minimum Gasteiger partial charge on any atom is -0.468 e. The van der Waals surface area contributed by atoms with E-state index in [9.17, 15) is 4.79 Å². The van der Waals surface area contributed by atoms with E-state index >= 15 is 0 Å². The molecule has 0 aliphatic rings. The van der Waals surface area contributed by atoms with Crippen molar-refractivity contribution in [3.63, 3.8) is 0 Å². The number of ether oxygens (including phenoxy) is 1. The summed E-state index contributed by atoms with van der Waals surface area (Å²) in [5, 5.41) is 14.6. The lowest BCUT2D eigenvalue weighted by molar-refractivity contribution is -0.141. The number of methoxy groups -OCH3 is 1. The van der Waals surface area contributed by atoms with Crippen molar-refractivity contribution in [3.8, 4) is 21.3 Å². The number of rotatable bonds is 4. The molecule has 3 aromatic rings. The zero-order chi connectivity index (χ0) is 17.3.